The van der Waals surface area contributed by atoms with Crippen LogP contribution in [0, 0.1) is 6.92 Å². The molecule has 0 N–H and O–H groups in total. The average Bonchev–Trinajstić information content (AvgIpc) is 3.63. The van der Waals surface area contributed by atoms with Gasteiger partial charge in [-0.15, -0.1) is 21.5 Å². The largest absolute Gasteiger partial charge is 0.467 e. The van der Waals surface area contributed by atoms with Crippen molar-refractivity contribution >= 4 is 29.0 Å². The molecule has 0 saturated carbocycles. The van der Waals surface area contributed by atoms with Crippen LogP contribution in [-0.4, -0.2) is 64.5 Å². The van der Waals surface area contributed by atoms with Gasteiger partial charge in [0.2, 0.25) is 5.91 Å². The standard InChI is InChI=1S/C27H27N5O3S/c1-20-6-8-21(9-7-20)23-10-11-25(29-28-23)30-12-14-31(15-13-30)26(33)19-32(18-22-4-2-16-35-22)27(34)24-5-3-17-36-24/h2-11,16-17H,12-15,18-19H2,1H3. The molecule has 0 unspecified atom stereocenters. The van der Waals surface area contributed by atoms with Crippen molar-refractivity contribution in [1.29, 1.82) is 0 Å². The van der Waals surface area contributed by atoms with E-state index in [0.29, 0.717) is 36.8 Å². The SMILES string of the molecule is Cc1ccc(-c2ccc(N3CCN(C(=O)CN(Cc4ccco4)C(=O)c4cccs4)CC3)nn2)cc1. The molecule has 4 heterocycles. The Balaban J connectivity index is 1.19. The van der Waals surface area contributed by atoms with Crippen LogP contribution in [0.5, 0.6) is 0 Å². The van der Waals surface area contributed by atoms with E-state index in [1.54, 1.807) is 28.2 Å². The highest BCUT2D eigenvalue weighted by atomic mass is 32.1. The van der Waals surface area contributed by atoms with E-state index in [9.17, 15) is 9.59 Å². The molecule has 1 saturated heterocycles. The molecule has 0 atom stereocenters. The van der Waals surface area contributed by atoms with Gasteiger partial charge in [-0.05, 0) is 42.6 Å². The van der Waals surface area contributed by atoms with Crippen LogP contribution >= 0.6 is 11.3 Å². The normalized spacial score (nSPS) is 13.6. The molecule has 0 bridgehead atoms. The monoisotopic (exact) mass is 501 g/mol. The van der Waals surface area contributed by atoms with Crippen molar-refractivity contribution in [2.24, 2.45) is 0 Å². The highest BCUT2D eigenvalue weighted by molar-refractivity contribution is 7.12. The molecule has 0 radical (unpaired) electrons. The van der Waals surface area contributed by atoms with E-state index in [0.717, 1.165) is 17.1 Å². The predicted octanol–water partition coefficient (Wildman–Crippen LogP) is 4.10. The number of aromatic nitrogens is 2. The molecule has 2 amide bonds. The number of benzene rings is 1. The van der Waals surface area contributed by atoms with Crippen LogP contribution < -0.4 is 4.90 Å². The predicted molar refractivity (Wildman–Crippen MR) is 139 cm³/mol. The number of furan rings is 1. The van der Waals surface area contributed by atoms with Gasteiger partial charge in [0.05, 0.1) is 23.4 Å². The molecule has 36 heavy (non-hydrogen) atoms. The lowest BCUT2D eigenvalue weighted by atomic mass is 10.1. The zero-order valence-electron chi connectivity index (χ0n) is 20.0. The maximum Gasteiger partial charge on any atom is 0.264 e. The van der Waals surface area contributed by atoms with Crippen LogP contribution in [-0.2, 0) is 11.3 Å². The van der Waals surface area contributed by atoms with E-state index in [-0.39, 0.29) is 24.9 Å². The third-order valence-corrected chi connectivity index (χ3v) is 7.08. The molecule has 3 aromatic heterocycles. The molecule has 1 fully saturated rings. The lowest BCUT2D eigenvalue weighted by Gasteiger charge is -2.36. The fourth-order valence-corrected chi connectivity index (χ4v) is 4.86. The van der Waals surface area contributed by atoms with E-state index < -0.39 is 0 Å². The number of hydrogen-bond acceptors (Lipinski definition) is 7. The number of carbonyl (C=O) groups excluding carboxylic acids is 2. The molecule has 8 nitrogen and oxygen atoms in total. The molecule has 1 aliphatic heterocycles. The third kappa shape index (κ3) is 5.46. The number of hydrogen-bond donors (Lipinski definition) is 0. The number of carbonyl (C=O) groups is 2. The first-order valence-electron chi connectivity index (χ1n) is 11.9. The second kappa shape index (κ2) is 10.7. The maximum absolute atomic E-state index is 13.1. The number of anilines is 1. The van der Waals surface area contributed by atoms with Gasteiger partial charge in [-0.2, -0.15) is 0 Å². The van der Waals surface area contributed by atoms with Crippen LogP contribution in [0.3, 0.4) is 0 Å². The molecule has 0 spiro atoms. The molecular weight excluding hydrogens is 474 g/mol. The Morgan fingerprint density at radius 2 is 1.78 bits per heavy atom. The highest BCUT2D eigenvalue weighted by Crippen LogP contribution is 2.20. The van der Waals surface area contributed by atoms with Crippen LogP contribution in [0.15, 0.2) is 76.7 Å². The van der Waals surface area contributed by atoms with Gasteiger partial charge in [-0.1, -0.05) is 35.9 Å². The molecule has 4 aromatic rings. The maximum atomic E-state index is 13.1. The van der Waals surface area contributed by atoms with Crippen LogP contribution in [0.25, 0.3) is 11.3 Å². The first-order chi connectivity index (χ1) is 17.6. The molecule has 1 aromatic carbocycles. The van der Waals surface area contributed by atoms with Gasteiger partial charge in [-0.25, -0.2) is 0 Å². The van der Waals surface area contributed by atoms with Gasteiger partial charge in [0.1, 0.15) is 12.3 Å². The Morgan fingerprint density at radius 3 is 2.42 bits per heavy atom. The lowest BCUT2D eigenvalue weighted by Crippen LogP contribution is -2.52. The summed E-state index contributed by atoms with van der Waals surface area (Å²) in [6, 6.07) is 19.4. The Morgan fingerprint density at radius 1 is 0.972 bits per heavy atom. The number of nitrogens with zero attached hydrogens (tertiary/aromatic N) is 5. The molecule has 0 aliphatic carbocycles. The van der Waals surface area contributed by atoms with Gasteiger partial charge >= 0.3 is 0 Å². The fourth-order valence-electron chi connectivity index (χ4n) is 4.17. The van der Waals surface area contributed by atoms with Crippen molar-refractivity contribution in [3.8, 4) is 11.3 Å². The molecule has 9 heteroatoms. The second-order valence-corrected chi connectivity index (χ2v) is 9.68. The minimum Gasteiger partial charge on any atom is -0.467 e. The molecule has 5 rings (SSSR count). The minimum absolute atomic E-state index is 0.00247. The summed E-state index contributed by atoms with van der Waals surface area (Å²) in [5.41, 5.74) is 3.07. The van der Waals surface area contributed by atoms with Gasteiger partial charge < -0.3 is 19.1 Å². The smallest absolute Gasteiger partial charge is 0.264 e. The van der Waals surface area contributed by atoms with E-state index in [1.165, 1.54) is 16.9 Å². The van der Waals surface area contributed by atoms with E-state index in [4.69, 9.17) is 4.42 Å². The van der Waals surface area contributed by atoms with Crippen molar-refractivity contribution in [2.75, 3.05) is 37.6 Å². The van der Waals surface area contributed by atoms with Gasteiger partial charge in [0.15, 0.2) is 5.82 Å². The summed E-state index contributed by atoms with van der Waals surface area (Å²) in [5.74, 6) is 1.19. The lowest BCUT2D eigenvalue weighted by molar-refractivity contribution is -0.132. The van der Waals surface area contributed by atoms with Gasteiger partial charge in [0.25, 0.3) is 5.91 Å². The van der Waals surface area contributed by atoms with Crippen molar-refractivity contribution < 1.29 is 14.0 Å². The van der Waals surface area contributed by atoms with Crippen molar-refractivity contribution in [3.05, 3.63) is 88.5 Å². The van der Waals surface area contributed by atoms with Crippen LogP contribution in [0.2, 0.25) is 0 Å². The number of amides is 2. The third-order valence-electron chi connectivity index (χ3n) is 6.23. The number of rotatable bonds is 7. The summed E-state index contributed by atoms with van der Waals surface area (Å²) in [7, 11) is 0. The molecular formula is C27H27N5O3S. The Labute approximate surface area is 213 Å². The fraction of sp³-hybridized carbons (Fsp3) is 0.259. The van der Waals surface area contributed by atoms with Gasteiger partial charge in [-0.3, -0.25) is 9.59 Å². The van der Waals surface area contributed by atoms with E-state index >= 15 is 0 Å². The Hall–Kier alpha value is -3.98. The number of aryl methyl sites for hydroxylation is 1. The Bertz CT molecular complexity index is 1280. The summed E-state index contributed by atoms with van der Waals surface area (Å²) in [6.07, 6.45) is 1.57. The summed E-state index contributed by atoms with van der Waals surface area (Å²) in [5, 5.41) is 10.7. The second-order valence-electron chi connectivity index (χ2n) is 8.73. The molecule has 1 aliphatic rings. The highest BCUT2D eigenvalue weighted by Gasteiger charge is 2.27. The molecule has 184 valence electrons. The zero-order chi connectivity index (χ0) is 24.9. The first kappa shape index (κ1) is 23.7. The minimum atomic E-state index is -0.169. The summed E-state index contributed by atoms with van der Waals surface area (Å²) >= 11 is 1.37. The summed E-state index contributed by atoms with van der Waals surface area (Å²) < 4.78 is 5.43. The topological polar surface area (TPSA) is 82.8 Å². The van der Waals surface area contributed by atoms with E-state index in [1.807, 2.05) is 41.8 Å². The van der Waals surface area contributed by atoms with Gasteiger partial charge in [0, 0.05) is 31.7 Å². The van der Waals surface area contributed by atoms with Crippen LogP contribution in [0.4, 0.5) is 5.82 Å². The van der Waals surface area contributed by atoms with Crippen molar-refractivity contribution in [2.45, 2.75) is 13.5 Å². The Kier molecular flexibility index (Phi) is 7.08. The quantitative estimate of drug-likeness (QED) is 0.379. The van der Waals surface area contributed by atoms with E-state index in [2.05, 4.69) is 34.2 Å². The number of piperazine rings is 1. The summed E-state index contributed by atoms with van der Waals surface area (Å²) in [6.45, 7) is 4.73. The zero-order valence-corrected chi connectivity index (χ0v) is 20.9. The van der Waals surface area contributed by atoms with Crippen LogP contribution in [0.1, 0.15) is 21.0 Å². The van der Waals surface area contributed by atoms with Crippen molar-refractivity contribution in [3.63, 3.8) is 0 Å². The summed E-state index contributed by atoms with van der Waals surface area (Å²) in [4.78, 5) is 32.3. The average molecular weight is 502 g/mol. The number of thiophene rings is 1. The van der Waals surface area contributed by atoms with Crippen molar-refractivity contribution in [1.82, 2.24) is 20.0 Å². The first-order valence-corrected chi connectivity index (χ1v) is 12.7.